The molecule has 0 unspecified atom stereocenters. The average molecular weight is 792 g/mol. The van der Waals surface area contributed by atoms with Crippen LogP contribution in [0, 0.1) is 40.3 Å². The van der Waals surface area contributed by atoms with E-state index in [2.05, 4.69) is 26.8 Å². The van der Waals surface area contributed by atoms with E-state index < -0.39 is 48.3 Å². The number of nitrogens with one attached hydrogen (secondary N) is 1. The molecule has 11 nitrogen and oxygen atoms in total. The highest BCUT2D eigenvalue weighted by atomic mass is 19.4. The van der Waals surface area contributed by atoms with Crippen LogP contribution in [-0.4, -0.2) is 93.4 Å². The molecule has 308 valence electrons. The normalized spacial score (nSPS) is 37.2. The summed E-state index contributed by atoms with van der Waals surface area (Å²) < 4.78 is 61.6. The number of ether oxygens (including phenoxy) is 2. The molecular formula is C41H53F4N3O8. The molecule has 56 heavy (non-hydrogen) atoms. The molecule has 6 aliphatic rings. The first kappa shape index (κ1) is 41.0. The van der Waals surface area contributed by atoms with Crippen LogP contribution in [0.1, 0.15) is 89.0 Å². The Labute approximate surface area is 323 Å². The number of fused-ring (bicyclic) bond motifs is 8. The monoisotopic (exact) mass is 791 g/mol. The Morgan fingerprint density at radius 3 is 2.50 bits per heavy atom. The van der Waals surface area contributed by atoms with Crippen molar-refractivity contribution in [1.29, 1.82) is 0 Å². The molecular weight excluding hydrogens is 738 g/mol. The number of aromatic nitrogens is 2. The van der Waals surface area contributed by atoms with E-state index in [4.69, 9.17) is 24.5 Å². The van der Waals surface area contributed by atoms with Crippen molar-refractivity contribution >= 4 is 17.8 Å². The van der Waals surface area contributed by atoms with Crippen molar-refractivity contribution in [3.05, 3.63) is 52.6 Å². The SMILES string of the molecule is CCC[C@@H]1O[C@@H]2C[C@H]3[C@@H]4CCC5=Cc6c(cnn6-c6ccc(F)c(C[NH+]7CCC(CO)CC7)c6)C[C@]5(C)[C@H]4[C@@H](O)C[C@]3(C)[C@]2(C(=O)CO)O1.O=C([O-])C(F)(F)F. The maximum atomic E-state index is 15.1. The van der Waals surface area contributed by atoms with Gasteiger partial charge in [-0.1, -0.05) is 32.8 Å². The molecule has 1 aromatic heterocycles. The second kappa shape index (κ2) is 15.2. The third-order valence-corrected chi connectivity index (χ3v) is 14.3. The van der Waals surface area contributed by atoms with Crippen LogP contribution >= 0.6 is 0 Å². The predicted octanol–water partition coefficient (Wildman–Crippen LogP) is 2.70. The van der Waals surface area contributed by atoms with Crippen LogP contribution in [-0.2, 0) is 32.0 Å². The Morgan fingerprint density at radius 1 is 1.14 bits per heavy atom. The summed E-state index contributed by atoms with van der Waals surface area (Å²) in [4.78, 5) is 23.7. The molecule has 3 saturated carbocycles. The van der Waals surface area contributed by atoms with E-state index in [1.165, 1.54) is 10.5 Å². The zero-order chi connectivity index (χ0) is 40.4. The van der Waals surface area contributed by atoms with Crippen LogP contribution in [0.2, 0.25) is 0 Å². The Balaban J connectivity index is 0.000000629. The maximum absolute atomic E-state index is 15.1. The van der Waals surface area contributed by atoms with Crippen LogP contribution in [0.3, 0.4) is 0 Å². The summed E-state index contributed by atoms with van der Waals surface area (Å²) >= 11 is 0. The van der Waals surface area contributed by atoms with Crippen LogP contribution in [0.15, 0.2) is 30.0 Å². The van der Waals surface area contributed by atoms with E-state index >= 15 is 4.39 Å². The predicted molar refractivity (Wildman–Crippen MR) is 191 cm³/mol. The largest absolute Gasteiger partial charge is 0.542 e. The topological polar surface area (TPSA) is 159 Å². The third kappa shape index (κ3) is 6.73. The van der Waals surface area contributed by atoms with Crippen molar-refractivity contribution in [3.63, 3.8) is 0 Å². The lowest BCUT2D eigenvalue weighted by Gasteiger charge is -2.60. The molecule has 0 bridgehead atoms. The number of aliphatic hydroxyl groups is 3. The van der Waals surface area contributed by atoms with Gasteiger partial charge in [-0.2, -0.15) is 18.3 Å². The van der Waals surface area contributed by atoms with Crippen molar-refractivity contribution in [3.8, 4) is 5.69 Å². The van der Waals surface area contributed by atoms with Gasteiger partial charge < -0.3 is 39.6 Å². The van der Waals surface area contributed by atoms with Crippen molar-refractivity contribution in [2.45, 2.75) is 115 Å². The molecule has 5 fully saturated rings. The number of aliphatic carboxylic acids is 1. The molecule has 4 N–H and O–H groups in total. The number of rotatable bonds is 8. The summed E-state index contributed by atoms with van der Waals surface area (Å²) in [5, 5.41) is 45.5. The van der Waals surface area contributed by atoms with Gasteiger partial charge in [0.05, 0.1) is 42.9 Å². The number of alkyl halides is 3. The van der Waals surface area contributed by atoms with E-state index in [1.54, 1.807) is 6.07 Å². The first-order valence-corrected chi connectivity index (χ1v) is 20.0. The van der Waals surface area contributed by atoms with Gasteiger partial charge in [-0.15, -0.1) is 0 Å². The van der Waals surface area contributed by atoms with Crippen LogP contribution in [0.25, 0.3) is 11.8 Å². The number of aliphatic hydroxyl groups excluding tert-OH is 3. The third-order valence-electron chi connectivity index (χ3n) is 14.3. The second-order valence-corrected chi connectivity index (χ2v) is 17.4. The minimum atomic E-state index is -5.19. The average Bonchev–Trinajstić information content (AvgIpc) is 3.80. The summed E-state index contributed by atoms with van der Waals surface area (Å²) in [6.45, 7) is 8.59. The van der Waals surface area contributed by atoms with Gasteiger partial charge in [-0.05, 0) is 97.5 Å². The first-order valence-electron chi connectivity index (χ1n) is 20.0. The van der Waals surface area contributed by atoms with Crippen LogP contribution in [0.5, 0.6) is 0 Å². The van der Waals surface area contributed by atoms with Gasteiger partial charge in [0.1, 0.15) is 24.9 Å². The van der Waals surface area contributed by atoms with E-state index in [0.717, 1.165) is 68.6 Å². The fourth-order valence-electron chi connectivity index (χ4n) is 11.7. The number of carboxylic acids is 1. The smallest absolute Gasteiger partial charge is 0.430 e. The Morgan fingerprint density at radius 2 is 1.86 bits per heavy atom. The fraction of sp³-hybridized carbons (Fsp3) is 0.683. The number of nitrogens with zero attached hydrogens (tertiary/aromatic N) is 2. The molecule has 1 aromatic carbocycles. The lowest BCUT2D eigenvalue weighted by molar-refractivity contribution is -0.920. The van der Waals surface area contributed by atoms with Crippen molar-refractivity contribution in [2.24, 2.45) is 34.5 Å². The Bertz CT molecular complexity index is 1840. The lowest BCUT2D eigenvalue weighted by atomic mass is 9.45. The summed E-state index contributed by atoms with van der Waals surface area (Å²) in [5.41, 5.74) is 2.86. The van der Waals surface area contributed by atoms with Crippen LogP contribution in [0.4, 0.5) is 17.6 Å². The van der Waals surface area contributed by atoms with E-state index in [-0.39, 0.29) is 41.4 Å². The van der Waals surface area contributed by atoms with E-state index in [9.17, 15) is 33.3 Å². The molecule has 0 amide bonds. The summed E-state index contributed by atoms with van der Waals surface area (Å²) in [6, 6.07) is 5.31. The van der Waals surface area contributed by atoms with E-state index in [0.29, 0.717) is 37.3 Å². The number of carboxylic acid groups (broad SMARTS) is 1. The van der Waals surface area contributed by atoms with Gasteiger partial charge in [0.2, 0.25) is 0 Å². The highest BCUT2D eigenvalue weighted by Crippen LogP contribution is 2.70. The number of Topliss-reactive ketones (excluding diaryl/α,β-unsaturated/α-hetero) is 1. The summed E-state index contributed by atoms with van der Waals surface area (Å²) in [5.74, 6) is -2.85. The van der Waals surface area contributed by atoms with Crippen molar-refractivity contribution in [2.75, 3.05) is 26.3 Å². The van der Waals surface area contributed by atoms with Crippen LogP contribution < -0.4 is 10.0 Å². The first-order chi connectivity index (χ1) is 26.5. The molecule has 2 aromatic rings. The number of quaternary nitrogens is 1. The van der Waals surface area contributed by atoms with Crippen molar-refractivity contribution in [1.82, 2.24) is 9.78 Å². The zero-order valence-electron chi connectivity index (χ0n) is 32.1. The molecule has 3 heterocycles. The molecule has 8 rings (SSSR count). The lowest BCUT2D eigenvalue weighted by Crippen LogP contribution is -3.11. The fourth-order valence-corrected chi connectivity index (χ4v) is 11.7. The standard InChI is InChI=1S/C39H52FN3O6.C2HF3O2/c1-4-5-35-48-34-16-29-28-8-6-26-15-31-25(17-37(26,2)36(28)32(46)18-38(29,3)39(34,49-35)33(47)22-45)19-41-43(31)27-7-9-30(40)24(14-27)20-42-12-10-23(21-44)11-13-42;3-2(4,5)1(6)7/h7,9,14-15,19,23,28-29,32,34-36,44-46H,4-6,8,10-13,16-18,20-22H2,1-3H3;(H,6,7)/t28-,29-,32-,34+,35+,36+,37-,38-,39+;/m0./s1. The number of allylic oxidation sites excluding steroid dienone is 1. The number of carbonyl (C=O) groups excluding carboxylic acids is 2. The number of halogens is 4. The van der Waals surface area contributed by atoms with Gasteiger partial charge >= 0.3 is 6.18 Å². The summed E-state index contributed by atoms with van der Waals surface area (Å²) in [6.07, 6.45) is 4.65. The Kier molecular flexibility index (Phi) is 11.1. The van der Waals surface area contributed by atoms with Gasteiger partial charge in [0.25, 0.3) is 0 Å². The van der Waals surface area contributed by atoms with Gasteiger partial charge in [-0.3, -0.25) is 4.79 Å². The Hall–Kier alpha value is -3.21. The molecule has 2 aliphatic heterocycles. The minimum absolute atomic E-state index is 0.00370. The maximum Gasteiger partial charge on any atom is 0.430 e. The summed E-state index contributed by atoms with van der Waals surface area (Å²) in [7, 11) is 0. The van der Waals surface area contributed by atoms with Gasteiger partial charge in [0.15, 0.2) is 17.7 Å². The number of piperidine rings is 1. The number of carbonyl (C=O) groups is 2. The quantitative estimate of drug-likeness (QED) is 0.295. The van der Waals surface area contributed by atoms with E-state index in [1.807, 2.05) is 23.0 Å². The molecule has 9 atom stereocenters. The molecule has 15 heteroatoms. The van der Waals surface area contributed by atoms with Gasteiger partial charge in [-0.25, -0.2) is 9.07 Å². The number of hydrogen-bond donors (Lipinski definition) is 4. The molecule has 0 radical (unpaired) electrons. The molecule has 4 aliphatic carbocycles. The minimum Gasteiger partial charge on any atom is -0.542 e. The number of ketones is 1. The number of benzene rings is 1. The van der Waals surface area contributed by atoms with Crippen molar-refractivity contribution < 1.29 is 62.0 Å². The number of likely N-dealkylation sites (tertiary alicyclic amines) is 1. The second-order valence-electron chi connectivity index (χ2n) is 17.4. The zero-order valence-corrected chi connectivity index (χ0v) is 32.1. The molecule has 2 saturated heterocycles. The number of hydrogen-bond acceptors (Lipinski definition) is 9. The highest BCUT2D eigenvalue weighted by molar-refractivity contribution is 5.91. The molecule has 0 spiro atoms. The highest BCUT2D eigenvalue weighted by Gasteiger charge is 2.75. The van der Waals surface area contributed by atoms with Gasteiger partial charge in [0, 0.05) is 30.4 Å².